The molecule has 0 aliphatic carbocycles. The van der Waals surface area contributed by atoms with Gasteiger partial charge in [-0.05, 0) is 6.92 Å². The maximum Gasteiger partial charge on any atom is 0.409 e. The lowest BCUT2D eigenvalue weighted by atomic mass is 10.2. The average molecular weight is 156 g/mol. The molecule has 0 heterocycles. The van der Waals surface area contributed by atoms with Gasteiger partial charge in [-0.3, -0.25) is 0 Å². The summed E-state index contributed by atoms with van der Waals surface area (Å²) in [5, 5.41) is 8.41. The molecule has 0 aromatic carbocycles. The molecule has 0 aromatic heterocycles. The van der Waals surface area contributed by atoms with E-state index in [1.807, 2.05) is 6.07 Å². The molecule has 0 saturated heterocycles. The smallest absolute Gasteiger partial charge is 0.409 e. The summed E-state index contributed by atoms with van der Waals surface area (Å²) in [5.41, 5.74) is 0. The quantitative estimate of drug-likeness (QED) is 0.595. The Bertz CT molecular complexity index is 174. The highest BCUT2D eigenvalue weighted by Gasteiger charge is 2.10. The molecule has 1 atom stereocenters. The van der Waals surface area contributed by atoms with Gasteiger partial charge in [0.1, 0.15) is 0 Å². The molecule has 1 unspecified atom stereocenters. The van der Waals surface area contributed by atoms with Crippen LogP contribution >= 0.6 is 0 Å². The standard InChI is InChI=1S/C7H12N2O2/c1-6(4-8)5-9(2)7(10)11-3/h6H,5H2,1-3H3. The van der Waals surface area contributed by atoms with Crippen molar-refractivity contribution in [1.29, 1.82) is 5.26 Å². The first-order valence-corrected chi connectivity index (χ1v) is 3.30. The number of hydrogen-bond acceptors (Lipinski definition) is 3. The monoisotopic (exact) mass is 156 g/mol. The number of carbonyl (C=O) groups is 1. The van der Waals surface area contributed by atoms with E-state index in [4.69, 9.17) is 5.26 Å². The second-order valence-corrected chi connectivity index (χ2v) is 2.38. The Morgan fingerprint density at radius 3 is 2.73 bits per heavy atom. The minimum atomic E-state index is -0.410. The van der Waals surface area contributed by atoms with Crippen molar-refractivity contribution >= 4 is 6.09 Å². The van der Waals surface area contributed by atoms with Crippen LogP contribution in [0.1, 0.15) is 6.92 Å². The molecule has 11 heavy (non-hydrogen) atoms. The van der Waals surface area contributed by atoms with Crippen LogP contribution in [0.2, 0.25) is 0 Å². The van der Waals surface area contributed by atoms with Gasteiger partial charge in [0.2, 0.25) is 0 Å². The Morgan fingerprint density at radius 1 is 1.82 bits per heavy atom. The van der Waals surface area contributed by atoms with E-state index in [0.29, 0.717) is 6.54 Å². The van der Waals surface area contributed by atoms with Crippen molar-refractivity contribution in [3.8, 4) is 6.07 Å². The highest BCUT2D eigenvalue weighted by molar-refractivity contribution is 5.66. The average Bonchev–Trinajstić information content (AvgIpc) is 2.02. The molecule has 0 bridgehead atoms. The highest BCUT2D eigenvalue weighted by Crippen LogP contribution is 1.96. The third-order valence-electron chi connectivity index (χ3n) is 1.25. The summed E-state index contributed by atoms with van der Waals surface area (Å²) in [7, 11) is 2.91. The molecule has 0 spiro atoms. The fourth-order valence-electron chi connectivity index (χ4n) is 0.682. The van der Waals surface area contributed by atoms with Crippen molar-refractivity contribution in [3.63, 3.8) is 0 Å². The van der Waals surface area contributed by atoms with Gasteiger partial charge in [0.05, 0.1) is 19.1 Å². The molecule has 62 valence electrons. The maximum atomic E-state index is 10.8. The van der Waals surface area contributed by atoms with Crippen molar-refractivity contribution in [3.05, 3.63) is 0 Å². The second kappa shape index (κ2) is 4.56. The maximum absolute atomic E-state index is 10.8. The van der Waals surface area contributed by atoms with E-state index in [0.717, 1.165) is 0 Å². The third-order valence-corrected chi connectivity index (χ3v) is 1.25. The number of methoxy groups -OCH3 is 1. The van der Waals surface area contributed by atoms with Crippen LogP contribution in [0.5, 0.6) is 0 Å². The van der Waals surface area contributed by atoms with E-state index in [9.17, 15) is 4.79 Å². The molecule has 0 aliphatic heterocycles. The lowest BCUT2D eigenvalue weighted by Crippen LogP contribution is -2.30. The zero-order valence-electron chi connectivity index (χ0n) is 7.00. The van der Waals surface area contributed by atoms with Crippen molar-refractivity contribution < 1.29 is 9.53 Å². The van der Waals surface area contributed by atoms with Gasteiger partial charge >= 0.3 is 6.09 Å². The van der Waals surface area contributed by atoms with Crippen molar-refractivity contribution in [2.45, 2.75) is 6.92 Å². The van der Waals surface area contributed by atoms with Gasteiger partial charge in [-0.1, -0.05) is 0 Å². The molecule has 0 saturated carbocycles. The van der Waals surface area contributed by atoms with Gasteiger partial charge in [0.25, 0.3) is 0 Å². The molecule has 0 aliphatic rings. The van der Waals surface area contributed by atoms with Crippen molar-refractivity contribution in [2.24, 2.45) is 5.92 Å². The van der Waals surface area contributed by atoms with Gasteiger partial charge in [0, 0.05) is 13.6 Å². The van der Waals surface area contributed by atoms with E-state index in [1.54, 1.807) is 14.0 Å². The second-order valence-electron chi connectivity index (χ2n) is 2.38. The van der Waals surface area contributed by atoms with Crippen molar-refractivity contribution in [2.75, 3.05) is 20.7 Å². The number of ether oxygens (including phenoxy) is 1. The molecule has 0 rings (SSSR count). The first kappa shape index (κ1) is 9.76. The molecule has 0 aromatic rings. The van der Waals surface area contributed by atoms with Crippen LogP contribution < -0.4 is 0 Å². The Kier molecular flexibility index (Phi) is 4.04. The summed E-state index contributed by atoms with van der Waals surface area (Å²) >= 11 is 0. The highest BCUT2D eigenvalue weighted by atomic mass is 16.5. The van der Waals surface area contributed by atoms with E-state index in [-0.39, 0.29) is 5.92 Å². The summed E-state index contributed by atoms with van der Waals surface area (Å²) in [6.45, 7) is 2.16. The SMILES string of the molecule is COC(=O)N(C)CC(C)C#N. The number of nitriles is 1. The Hall–Kier alpha value is -1.24. The van der Waals surface area contributed by atoms with E-state index in [1.165, 1.54) is 12.0 Å². The number of amides is 1. The van der Waals surface area contributed by atoms with E-state index < -0.39 is 6.09 Å². The largest absolute Gasteiger partial charge is 0.453 e. The molecule has 0 N–H and O–H groups in total. The van der Waals surface area contributed by atoms with Gasteiger partial charge in [-0.15, -0.1) is 0 Å². The summed E-state index contributed by atoms with van der Waals surface area (Å²) in [6.07, 6.45) is -0.410. The Labute approximate surface area is 66.4 Å². The predicted molar refractivity (Wildman–Crippen MR) is 39.8 cm³/mol. The van der Waals surface area contributed by atoms with Gasteiger partial charge in [-0.25, -0.2) is 4.79 Å². The normalized spacial score (nSPS) is 11.5. The van der Waals surface area contributed by atoms with Crippen LogP contribution in [0.3, 0.4) is 0 Å². The summed E-state index contributed by atoms with van der Waals surface area (Å²) < 4.78 is 4.43. The fourth-order valence-corrected chi connectivity index (χ4v) is 0.682. The van der Waals surface area contributed by atoms with Gasteiger partial charge in [-0.2, -0.15) is 5.26 Å². The molecular weight excluding hydrogens is 144 g/mol. The Morgan fingerprint density at radius 2 is 2.36 bits per heavy atom. The van der Waals surface area contributed by atoms with Crippen LogP contribution in [0.25, 0.3) is 0 Å². The lowest BCUT2D eigenvalue weighted by Gasteiger charge is -2.15. The Balaban J connectivity index is 3.79. The molecule has 4 heteroatoms. The molecule has 4 nitrogen and oxygen atoms in total. The summed E-state index contributed by atoms with van der Waals surface area (Å²) in [5.74, 6) is -0.154. The topological polar surface area (TPSA) is 53.3 Å². The predicted octanol–water partition coefficient (Wildman–Crippen LogP) is 0.844. The number of rotatable bonds is 2. The van der Waals surface area contributed by atoms with Gasteiger partial charge in [0.15, 0.2) is 0 Å². The van der Waals surface area contributed by atoms with Crippen LogP contribution in [0.15, 0.2) is 0 Å². The minimum absolute atomic E-state index is 0.154. The molecular formula is C7H12N2O2. The first-order chi connectivity index (χ1) is 5.11. The van der Waals surface area contributed by atoms with Crippen molar-refractivity contribution in [1.82, 2.24) is 4.90 Å². The summed E-state index contributed by atoms with van der Waals surface area (Å²) in [4.78, 5) is 12.1. The van der Waals surface area contributed by atoms with Crippen LogP contribution in [0, 0.1) is 17.2 Å². The zero-order chi connectivity index (χ0) is 8.85. The number of nitrogens with zero attached hydrogens (tertiary/aromatic N) is 2. The van der Waals surface area contributed by atoms with E-state index >= 15 is 0 Å². The van der Waals surface area contributed by atoms with Crippen LogP contribution in [0.4, 0.5) is 4.79 Å². The molecule has 1 amide bonds. The molecule has 0 fully saturated rings. The minimum Gasteiger partial charge on any atom is -0.453 e. The van der Waals surface area contributed by atoms with Crippen LogP contribution in [-0.2, 0) is 4.74 Å². The fraction of sp³-hybridized carbons (Fsp3) is 0.714. The first-order valence-electron chi connectivity index (χ1n) is 3.30. The summed E-state index contributed by atoms with van der Waals surface area (Å²) in [6, 6.07) is 2.03. The van der Waals surface area contributed by atoms with Gasteiger partial charge < -0.3 is 9.64 Å². The molecule has 0 radical (unpaired) electrons. The van der Waals surface area contributed by atoms with Crippen LogP contribution in [-0.4, -0.2) is 31.7 Å². The lowest BCUT2D eigenvalue weighted by molar-refractivity contribution is 0.131. The van der Waals surface area contributed by atoms with E-state index in [2.05, 4.69) is 4.74 Å². The number of carbonyl (C=O) groups excluding carboxylic acids is 1. The zero-order valence-corrected chi connectivity index (χ0v) is 7.00. The number of hydrogen-bond donors (Lipinski definition) is 0. The third kappa shape index (κ3) is 3.46.